The quantitative estimate of drug-likeness (QED) is 0.661. The Balaban J connectivity index is 2.18. The van der Waals surface area contributed by atoms with Crippen molar-refractivity contribution in [2.75, 3.05) is 20.3 Å². The molecule has 1 aromatic rings. The highest BCUT2D eigenvalue weighted by Crippen LogP contribution is 2.08. The molecule has 0 aliphatic carbocycles. The van der Waals surface area contributed by atoms with Crippen LogP contribution in [0.25, 0.3) is 0 Å². The van der Waals surface area contributed by atoms with Crippen molar-refractivity contribution in [3.63, 3.8) is 0 Å². The third-order valence-electron chi connectivity index (χ3n) is 2.05. The van der Waals surface area contributed by atoms with Crippen LogP contribution in [0.4, 0.5) is 0 Å². The van der Waals surface area contributed by atoms with Gasteiger partial charge in [-0.3, -0.25) is 4.79 Å². The van der Waals surface area contributed by atoms with Gasteiger partial charge in [-0.1, -0.05) is 0 Å². The third-order valence-corrected chi connectivity index (χ3v) is 2.05. The van der Waals surface area contributed by atoms with E-state index >= 15 is 0 Å². The Morgan fingerprint density at radius 2 is 2.31 bits per heavy atom. The molecule has 0 aliphatic heterocycles. The molecule has 0 radical (unpaired) electrons. The number of rotatable bonds is 7. The second kappa shape index (κ2) is 6.95. The number of ether oxygens (including phenoxy) is 2. The van der Waals surface area contributed by atoms with Gasteiger partial charge >= 0.3 is 0 Å². The van der Waals surface area contributed by atoms with Crippen LogP contribution in [0.2, 0.25) is 0 Å². The maximum absolute atomic E-state index is 11.1. The van der Waals surface area contributed by atoms with Crippen LogP contribution in [-0.2, 0) is 9.53 Å². The zero-order valence-corrected chi connectivity index (χ0v) is 9.73. The van der Waals surface area contributed by atoms with Gasteiger partial charge in [0.1, 0.15) is 6.61 Å². The SMILES string of the molecule is COCC(=O)CCCOc1cc(C)ccn1. The summed E-state index contributed by atoms with van der Waals surface area (Å²) in [6.45, 7) is 2.67. The van der Waals surface area contributed by atoms with Crippen molar-refractivity contribution in [3.8, 4) is 5.88 Å². The first-order chi connectivity index (χ1) is 7.72. The fraction of sp³-hybridized carbons (Fsp3) is 0.500. The smallest absolute Gasteiger partial charge is 0.213 e. The number of carbonyl (C=O) groups excluding carboxylic acids is 1. The number of Topliss-reactive ketones (excluding diaryl/α,β-unsaturated/α-hetero) is 1. The van der Waals surface area contributed by atoms with Crippen LogP contribution >= 0.6 is 0 Å². The van der Waals surface area contributed by atoms with Gasteiger partial charge in [0.25, 0.3) is 0 Å². The largest absolute Gasteiger partial charge is 0.478 e. The summed E-state index contributed by atoms with van der Waals surface area (Å²) in [7, 11) is 1.52. The van der Waals surface area contributed by atoms with Crippen LogP contribution < -0.4 is 4.74 Å². The standard InChI is InChI=1S/C12H17NO3/c1-10-5-6-13-12(8-10)16-7-3-4-11(14)9-15-2/h5-6,8H,3-4,7,9H2,1-2H3. The predicted molar refractivity (Wildman–Crippen MR) is 60.6 cm³/mol. The molecule has 0 aromatic carbocycles. The van der Waals surface area contributed by atoms with Gasteiger partial charge in [-0.15, -0.1) is 0 Å². The second-order valence-corrected chi connectivity index (χ2v) is 3.60. The molecule has 0 aliphatic rings. The van der Waals surface area contributed by atoms with Crippen LogP contribution in [-0.4, -0.2) is 31.1 Å². The van der Waals surface area contributed by atoms with Crippen LogP contribution in [0.5, 0.6) is 5.88 Å². The van der Waals surface area contributed by atoms with Gasteiger partial charge in [-0.25, -0.2) is 4.98 Å². The van der Waals surface area contributed by atoms with Crippen LogP contribution in [0.1, 0.15) is 18.4 Å². The van der Waals surface area contributed by atoms with E-state index in [1.165, 1.54) is 7.11 Å². The molecular weight excluding hydrogens is 206 g/mol. The van der Waals surface area contributed by atoms with Gasteiger partial charge in [0, 0.05) is 25.8 Å². The van der Waals surface area contributed by atoms with Gasteiger partial charge in [0.15, 0.2) is 5.78 Å². The van der Waals surface area contributed by atoms with Crippen LogP contribution in [0.3, 0.4) is 0 Å². The number of aryl methyl sites for hydroxylation is 1. The van der Waals surface area contributed by atoms with E-state index in [2.05, 4.69) is 4.98 Å². The number of ketones is 1. The molecule has 0 spiro atoms. The highest BCUT2D eigenvalue weighted by molar-refractivity contribution is 5.79. The van der Waals surface area contributed by atoms with E-state index in [0.29, 0.717) is 25.3 Å². The Hall–Kier alpha value is -1.42. The highest BCUT2D eigenvalue weighted by Gasteiger charge is 2.01. The molecule has 0 bridgehead atoms. The maximum Gasteiger partial charge on any atom is 0.213 e. The van der Waals surface area contributed by atoms with Crippen LogP contribution in [0.15, 0.2) is 18.3 Å². The average Bonchev–Trinajstić information content (AvgIpc) is 2.25. The molecule has 88 valence electrons. The highest BCUT2D eigenvalue weighted by atomic mass is 16.5. The predicted octanol–water partition coefficient (Wildman–Crippen LogP) is 1.76. The monoisotopic (exact) mass is 223 g/mol. The molecule has 4 nitrogen and oxygen atoms in total. The molecule has 0 saturated heterocycles. The second-order valence-electron chi connectivity index (χ2n) is 3.60. The number of hydrogen-bond donors (Lipinski definition) is 0. The molecule has 1 rings (SSSR count). The molecule has 1 aromatic heterocycles. The van der Waals surface area contributed by atoms with Crippen molar-refractivity contribution in [2.45, 2.75) is 19.8 Å². The number of methoxy groups -OCH3 is 1. The third kappa shape index (κ3) is 4.89. The molecular formula is C12H17NO3. The molecule has 0 amide bonds. The van der Waals surface area contributed by atoms with E-state index in [-0.39, 0.29) is 12.4 Å². The van der Waals surface area contributed by atoms with E-state index in [4.69, 9.17) is 9.47 Å². The van der Waals surface area contributed by atoms with Crippen molar-refractivity contribution in [1.29, 1.82) is 0 Å². The van der Waals surface area contributed by atoms with Gasteiger partial charge in [-0.2, -0.15) is 0 Å². The van der Waals surface area contributed by atoms with E-state index in [9.17, 15) is 4.79 Å². The molecule has 0 saturated carbocycles. The molecule has 0 atom stereocenters. The number of hydrogen-bond acceptors (Lipinski definition) is 4. The molecule has 0 N–H and O–H groups in total. The molecule has 16 heavy (non-hydrogen) atoms. The summed E-state index contributed by atoms with van der Waals surface area (Å²) in [5.41, 5.74) is 1.11. The summed E-state index contributed by atoms with van der Waals surface area (Å²) in [5, 5.41) is 0. The van der Waals surface area contributed by atoms with Crippen LogP contribution in [0, 0.1) is 6.92 Å². The average molecular weight is 223 g/mol. The topological polar surface area (TPSA) is 48.4 Å². The Labute approximate surface area is 95.6 Å². The Kier molecular flexibility index (Phi) is 5.50. The molecule has 0 fully saturated rings. The first kappa shape index (κ1) is 12.6. The summed E-state index contributed by atoms with van der Waals surface area (Å²) in [4.78, 5) is 15.2. The van der Waals surface area contributed by atoms with E-state index in [1.54, 1.807) is 6.20 Å². The van der Waals surface area contributed by atoms with Gasteiger partial charge in [-0.05, 0) is 25.0 Å². The maximum atomic E-state index is 11.1. The van der Waals surface area contributed by atoms with Crippen molar-refractivity contribution >= 4 is 5.78 Å². The van der Waals surface area contributed by atoms with Crippen molar-refractivity contribution in [2.24, 2.45) is 0 Å². The number of nitrogens with zero attached hydrogens (tertiary/aromatic N) is 1. The van der Waals surface area contributed by atoms with Gasteiger partial charge in [0.2, 0.25) is 5.88 Å². The summed E-state index contributed by atoms with van der Waals surface area (Å²) in [6, 6.07) is 3.78. The number of carbonyl (C=O) groups is 1. The summed E-state index contributed by atoms with van der Waals surface area (Å²) in [5.74, 6) is 0.711. The lowest BCUT2D eigenvalue weighted by molar-refractivity contribution is -0.122. The van der Waals surface area contributed by atoms with Crippen molar-refractivity contribution in [1.82, 2.24) is 4.98 Å². The lowest BCUT2D eigenvalue weighted by Gasteiger charge is -2.05. The van der Waals surface area contributed by atoms with E-state index in [1.807, 2.05) is 19.1 Å². The molecule has 0 unspecified atom stereocenters. The normalized spacial score (nSPS) is 10.1. The Bertz CT molecular complexity index is 339. The molecule has 1 heterocycles. The lowest BCUT2D eigenvalue weighted by atomic mass is 10.2. The fourth-order valence-electron chi connectivity index (χ4n) is 1.27. The van der Waals surface area contributed by atoms with Gasteiger partial charge in [0.05, 0.1) is 6.61 Å². The molecule has 4 heteroatoms. The van der Waals surface area contributed by atoms with Crippen molar-refractivity contribution in [3.05, 3.63) is 23.9 Å². The minimum Gasteiger partial charge on any atom is -0.478 e. The minimum absolute atomic E-state index is 0.100. The number of aromatic nitrogens is 1. The fourth-order valence-corrected chi connectivity index (χ4v) is 1.27. The Morgan fingerprint density at radius 1 is 1.50 bits per heavy atom. The van der Waals surface area contributed by atoms with E-state index in [0.717, 1.165) is 5.56 Å². The van der Waals surface area contributed by atoms with Crippen molar-refractivity contribution < 1.29 is 14.3 Å². The first-order valence-electron chi connectivity index (χ1n) is 5.28. The summed E-state index contributed by atoms with van der Waals surface area (Å²) >= 11 is 0. The first-order valence-corrected chi connectivity index (χ1v) is 5.28. The minimum atomic E-state index is 0.100. The lowest BCUT2D eigenvalue weighted by Crippen LogP contribution is -2.08. The summed E-state index contributed by atoms with van der Waals surface area (Å²) < 4.78 is 10.1. The zero-order chi connectivity index (χ0) is 11.8. The Morgan fingerprint density at radius 3 is 3.00 bits per heavy atom. The zero-order valence-electron chi connectivity index (χ0n) is 9.73. The van der Waals surface area contributed by atoms with E-state index < -0.39 is 0 Å². The number of pyridine rings is 1. The summed E-state index contributed by atoms with van der Waals surface area (Å²) in [6.07, 6.45) is 2.89. The van der Waals surface area contributed by atoms with Gasteiger partial charge < -0.3 is 9.47 Å².